The molecule has 0 spiro atoms. The molecule has 0 radical (unpaired) electrons. The van der Waals surface area contributed by atoms with Crippen LogP contribution in [0.25, 0.3) is 0 Å². The number of carboxylic acid groups (broad SMARTS) is 1. The van der Waals surface area contributed by atoms with E-state index in [9.17, 15) is 14.7 Å². The van der Waals surface area contributed by atoms with E-state index in [0.29, 0.717) is 35.8 Å². The monoisotopic (exact) mass is 462 g/mol. The van der Waals surface area contributed by atoms with Crippen LogP contribution >= 0.6 is 0 Å². The third-order valence-corrected chi connectivity index (χ3v) is 4.66. The zero-order chi connectivity index (χ0) is 24.6. The van der Waals surface area contributed by atoms with Crippen molar-refractivity contribution in [1.82, 2.24) is 0 Å². The lowest BCUT2D eigenvalue weighted by Gasteiger charge is -2.16. The molecule has 3 N–H and O–H groups in total. The summed E-state index contributed by atoms with van der Waals surface area (Å²) in [6.07, 6.45) is 1.74. The molecule has 0 aliphatic heterocycles. The first-order valence-corrected chi connectivity index (χ1v) is 10.9. The fraction of sp³-hybridized carbons (Fsp3) is 0.440. The number of carbonyl (C=O) groups excluding carboxylic acids is 1. The Bertz CT molecular complexity index is 852. The number of hydrogen-bond donors (Lipinski definition) is 3. The number of para-hydroxylation sites is 2. The van der Waals surface area contributed by atoms with E-state index in [2.05, 4.69) is 4.74 Å². The topological polar surface area (TPSA) is 123 Å². The van der Waals surface area contributed by atoms with E-state index in [1.54, 1.807) is 42.5 Å². The molecule has 2 atom stereocenters. The van der Waals surface area contributed by atoms with E-state index in [0.717, 1.165) is 12.8 Å². The average Bonchev–Trinajstić information content (AvgIpc) is 2.83. The van der Waals surface area contributed by atoms with Crippen LogP contribution in [0, 0.1) is 0 Å². The lowest BCUT2D eigenvalue weighted by atomic mass is 9.99. The van der Waals surface area contributed by atoms with E-state index in [4.69, 9.17) is 19.7 Å². The largest absolute Gasteiger partial charge is 0.493 e. The van der Waals surface area contributed by atoms with Crippen molar-refractivity contribution in [2.45, 2.75) is 38.5 Å². The zero-order valence-electron chi connectivity index (χ0n) is 19.4. The number of aliphatic hydroxyl groups excluding tert-OH is 2. The Hall–Kier alpha value is -3.10. The molecule has 2 aromatic carbocycles. The van der Waals surface area contributed by atoms with Crippen molar-refractivity contribution in [3.63, 3.8) is 0 Å². The predicted molar refractivity (Wildman–Crippen MR) is 124 cm³/mol. The van der Waals surface area contributed by atoms with Crippen molar-refractivity contribution in [3.8, 4) is 11.5 Å². The number of benzene rings is 2. The molecule has 0 amide bonds. The number of hydrogen-bond acceptors (Lipinski definition) is 7. The summed E-state index contributed by atoms with van der Waals surface area (Å²) >= 11 is 0. The van der Waals surface area contributed by atoms with E-state index in [1.807, 2.05) is 19.9 Å². The molecule has 2 aromatic rings. The molecule has 33 heavy (non-hydrogen) atoms. The second kappa shape index (κ2) is 15.7. The Balaban J connectivity index is 0.000000331. The van der Waals surface area contributed by atoms with Crippen LogP contribution in [-0.2, 0) is 14.3 Å². The Morgan fingerprint density at radius 3 is 1.58 bits per heavy atom. The maximum Gasteiger partial charge on any atom is 0.315 e. The first-order valence-electron chi connectivity index (χ1n) is 10.9. The predicted octanol–water partition coefficient (Wildman–Crippen LogP) is 3.36. The van der Waals surface area contributed by atoms with Crippen LogP contribution in [-0.4, -0.2) is 60.8 Å². The van der Waals surface area contributed by atoms with Crippen molar-refractivity contribution in [3.05, 3.63) is 59.7 Å². The Morgan fingerprint density at radius 2 is 1.21 bits per heavy atom. The van der Waals surface area contributed by atoms with Crippen LogP contribution in [0.15, 0.2) is 48.5 Å². The number of methoxy groups -OCH3 is 1. The van der Waals surface area contributed by atoms with Crippen molar-refractivity contribution in [2.75, 3.05) is 33.5 Å². The molecule has 0 fully saturated rings. The van der Waals surface area contributed by atoms with Crippen molar-refractivity contribution in [1.29, 1.82) is 0 Å². The fourth-order valence-corrected chi connectivity index (χ4v) is 2.98. The summed E-state index contributed by atoms with van der Waals surface area (Å²) < 4.78 is 15.7. The molecule has 0 saturated carbocycles. The van der Waals surface area contributed by atoms with E-state index >= 15 is 0 Å². The summed E-state index contributed by atoms with van der Waals surface area (Å²) in [5, 5.41) is 27.3. The van der Waals surface area contributed by atoms with Gasteiger partial charge < -0.3 is 29.5 Å². The molecule has 0 aliphatic rings. The van der Waals surface area contributed by atoms with Gasteiger partial charge in [-0.05, 0) is 25.0 Å². The van der Waals surface area contributed by atoms with Crippen LogP contribution in [0.1, 0.15) is 49.7 Å². The molecule has 2 unspecified atom stereocenters. The number of aliphatic carboxylic acids is 1. The summed E-state index contributed by atoms with van der Waals surface area (Å²) in [4.78, 5) is 22.5. The number of carbonyl (C=O) groups is 2. The smallest absolute Gasteiger partial charge is 0.315 e. The lowest BCUT2D eigenvalue weighted by Crippen LogP contribution is -2.18. The normalized spacial score (nSPS) is 12.0. The minimum absolute atomic E-state index is 0.292. The summed E-state index contributed by atoms with van der Waals surface area (Å²) in [5.74, 6) is -1.96. The fourth-order valence-electron chi connectivity index (χ4n) is 2.98. The van der Waals surface area contributed by atoms with E-state index in [-0.39, 0.29) is 6.61 Å². The van der Waals surface area contributed by atoms with Crippen LogP contribution in [0.4, 0.5) is 0 Å². The molecular formula is C25H34O8. The maximum atomic E-state index is 11.5. The molecule has 0 bridgehead atoms. The summed E-state index contributed by atoms with van der Waals surface area (Å²) in [7, 11) is 1.31. The quantitative estimate of drug-likeness (QED) is 0.411. The maximum absolute atomic E-state index is 11.5. The van der Waals surface area contributed by atoms with Gasteiger partial charge in [0.25, 0.3) is 0 Å². The minimum Gasteiger partial charge on any atom is -0.493 e. The molecule has 8 nitrogen and oxygen atoms in total. The third kappa shape index (κ3) is 8.75. The van der Waals surface area contributed by atoms with Gasteiger partial charge in [0.1, 0.15) is 23.3 Å². The summed E-state index contributed by atoms with van der Waals surface area (Å²) in [6.45, 7) is 4.38. The molecule has 182 valence electrons. The highest BCUT2D eigenvalue weighted by Gasteiger charge is 2.24. The highest BCUT2D eigenvalue weighted by Crippen LogP contribution is 2.28. The van der Waals surface area contributed by atoms with Gasteiger partial charge in [-0.25, -0.2) is 0 Å². The number of esters is 1. The Morgan fingerprint density at radius 1 is 0.788 bits per heavy atom. The molecule has 8 heteroatoms. The van der Waals surface area contributed by atoms with Crippen molar-refractivity contribution in [2.24, 2.45) is 0 Å². The molecule has 0 aliphatic carbocycles. The number of aliphatic hydroxyl groups is 2. The number of ether oxygens (including phenoxy) is 3. The van der Waals surface area contributed by atoms with Crippen molar-refractivity contribution < 1.29 is 39.1 Å². The molecule has 0 saturated heterocycles. The molecule has 2 rings (SSSR count). The first kappa shape index (κ1) is 27.9. The van der Waals surface area contributed by atoms with Gasteiger partial charge >= 0.3 is 11.9 Å². The zero-order valence-corrected chi connectivity index (χ0v) is 19.4. The van der Waals surface area contributed by atoms with Gasteiger partial charge in [0.15, 0.2) is 0 Å². The lowest BCUT2D eigenvalue weighted by molar-refractivity contribution is -0.143. The van der Waals surface area contributed by atoms with Gasteiger partial charge in [-0.1, -0.05) is 50.2 Å². The molecule has 0 aromatic heterocycles. The van der Waals surface area contributed by atoms with Crippen LogP contribution in [0.3, 0.4) is 0 Å². The van der Waals surface area contributed by atoms with E-state index in [1.165, 1.54) is 7.11 Å². The SMILES string of the molecule is CCCOc1ccccc1C(CO)C(=O)O.CCCOc1ccccc1C(CO)C(=O)OC. The molecular weight excluding hydrogens is 428 g/mol. The van der Waals surface area contributed by atoms with Gasteiger partial charge in [-0.15, -0.1) is 0 Å². The number of rotatable bonds is 12. The van der Waals surface area contributed by atoms with Crippen LogP contribution in [0.5, 0.6) is 11.5 Å². The van der Waals surface area contributed by atoms with E-state index < -0.39 is 30.4 Å². The first-order chi connectivity index (χ1) is 15.9. The summed E-state index contributed by atoms with van der Waals surface area (Å²) in [5.41, 5.74) is 1.18. The second-order valence-corrected chi connectivity index (χ2v) is 7.10. The van der Waals surface area contributed by atoms with Crippen molar-refractivity contribution >= 4 is 11.9 Å². The minimum atomic E-state index is -1.05. The average molecular weight is 463 g/mol. The van der Waals surface area contributed by atoms with Gasteiger partial charge in [-0.2, -0.15) is 0 Å². The number of carboxylic acids is 1. The van der Waals surface area contributed by atoms with Gasteiger partial charge in [0.2, 0.25) is 0 Å². The second-order valence-electron chi connectivity index (χ2n) is 7.10. The highest BCUT2D eigenvalue weighted by atomic mass is 16.5. The Labute approximate surface area is 194 Å². The Kier molecular flexibility index (Phi) is 13.3. The highest BCUT2D eigenvalue weighted by molar-refractivity contribution is 5.79. The van der Waals surface area contributed by atoms with Gasteiger partial charge in [0.05, 0.1) is 33.5 Å². The van der Waals surface area contributed by atoms with Crippen LogP contribution in [0.2, 0.25) is 0 Å². The standard InChI is InChI=1S/C13H18O4.C12H16O4/c1-3-8-17-12-7-5-4-6-10(12)11(9-14)13(15)16-2;1-2-7-16-11-6-4-3-5-9(11)10(8-13)12(14)15/h4-7,11,14H,3,8-9H2,1-2H3;3-6,10,13H,2,7-8H2,1H3,(H,14,15). The van der Waals surface area contributed by atoms with Crippen LogP contribution < -0.4 is 9.47 Å². The summed E-state index contributed by atoms with van der Waals surface area (Å²) in [6, 6.07) is 14.1. The van der Waals surface area contributed by atoms with Gasteiger partial charge in [-0.3, -0.25) is 9.59 Å². The van der Waals surface area contributed by atoms with Gasteiger partial charge in [0, 0.05) is 11.1 Å². The third-order valence-electron chi connectivity index (χ3n) is 4.66. The molecule has 0 heterocycles.